The van der Waals surface area contributed by atoms with Gasteiger partial charge in [-0.3, -0.25) is 4.79 Å². The highest BCUT2D eigenvalue weighted by Crippen LogP contribution is 2.06. The van der Waals surface area contributed by atoms with Crippen LogP contribution < -0.4 is 5.32 Å². The van der Waals surface area contributed by atoms with Crippen molar-refractivity contribution in [2.75, 3.05) is 19.0 Å². The maximum Gasteiger partial charge on any atom is 0.263 e. The smallest absolute Gasteiger partial charge is 0.263 e. The van der Waals surface area contributed by atoms with E-state index in [1.54, 1.807) is 6.20 Å². The lowest BCUT2D eigenvalue weighted by Gasteiger charge is -2.18. The van der Waals surface area contributed by atoms with E-state index >= 15 is 0 Å². The predicted molar refractivity (Wildman–Crippen MR) is 80.0 cm³/mol. The van der Waals surface area contributed by atoms with Crippen molar-refractivity contribution >= 4 is 17.5 Å². The van der Waals surface area contributed by atoms with E-state index in [1.807, 2.05) is 48.2 Å². The third kappa shape index (κ3) is 5.33. The van der Waals surface area contributed by atoms with Crippen molar-refractivity contribution in [3.63, 3.8) is 0 Å². The quantitative estimate of drug-likeness (QED) is 0.476. The van der Waals surface area contributed by atoms with Crippen LogP contribution in [0.15, 0.2) is 42.1 Å². The predicted octanol–water partition coefficient (Wildman–Crippen LogP) is 2.27. The summed E-state index contributed by atoms with van der Waals surface area (Å²) >= 11 is 5.51. The molecule has 0 aliphatic rings. The molecule has 0 aliphatic heterocycles. The van der Waals surface area contributed by atoms with Gasteiger partial charge in [-0.05, 0) is 12.5 Å². The van der Waals surface area contributed by atoms with Crippen LogP contribution in [-0.4, -0.2) is 29.8 Å². The summed E-state index contributed by atoms with van der Waals surface area (Å²) in [6.07, 6.45) is 1.59. The van der Waals surface area contributed by atoms with E-state index in [4.69, 9.17) is 16.9 Å². The molecule has 1 aromatic rings. The Kier molecular flexibility index (Phi) is 7.23. The molecular weight excluding hydrogens is 274 g/mol. The van der Waals surface area contributed by atoms with Crippen LogP contribution in [0.1, 0.15) is 12.5 Å². The van der Waals surface area contributed by atoms with Gasteiger partial charge in [0.2, 0.25) is 0 Å². The number of halogens is 1. The number of benzene rings is 1. The average molecular weight is 292 g/mol. The molecule has 0 saturated carbocycles. The lowest BCUT2D eigenvalue weighted by Crippen LogP contribution is -2.28. The van der Waals surface area contributed by atoms with E-state index in [1.165, 1.54) is 0 Å². The Morgan fingerprint density at radius 2 is 2.15 bits per heavy atom. The minimum atomic E-state index is -0.389. The minimum absolute atomic E-state index is 0.0906. The summed E-state index contributed by atoms with van der Waals surface area (Å²) in [6.45, 7) is 3.70. The van der Waals surface area contributed by atoms with Gasteiger partial charge in [0.05, 0.1) is 0 Å². The number of alkyl halides is 1. The molecule has 1 amide bonds. The van der Waals surface area contributed by atoms with Gasteiger partial charge in [-0.25, -0.2) is 0 Å². The second-order valence-electron chi connectivity index (χ2n) is 4.15. The van der Waals surface area contributed by atoms with Crippen LogP contribution in [0.4, 0.5) is 0 Å². The zero-order valence-electron chi connectivity index (χ0n) is 11.5. The third-order valence-electron chi connectivity index (χ3n) is 2.69. The van der Waals surface area contributed by atoms with Crippen LogP contribution in [0, 0.1) is 11.3 Å². The molecule has 1 rings (SSSR count). The fraction of sp³-hybridized carbons (Fsp3) is 0.333. The molecule has 0 saturated heterocycles. The van der Waals surface area contributed by atoms with Crippen LogP contribution in [-0.2, 0) is 11.3 Å². The van der Waals surface area contributed by atoms with Crippen molar-refractivity contribution in [2.24, 2.45) is 0 Å². The minimum Gasteiger partial charge on any atom is -0.372 e. The largest absolute Gasteiger partial charge is 0.372 e. The Bertz CT molecular complexity index is 494. The van der Waals surface area contributed by atoms with Gasteiger partial charge in [-0.15, -0.1) is 11.6 Å². The highest BCUT2D eigenvalue weighted by molar-refractivity contribution is 6.18. The number of nitriles is 1. The first-order chi connectivity index (χ1) is 9.71. The monoisotopic (exact) mass is 291 g/mol. The van der Waals surface area contributed by atoms with Gasteiger partial charge in [0.1, 0.15) is 11.6 Å². The zero-order chi connectivity index (χ0) is 14.8. The Morgan fingerprint density at radius 3 is 2.70 bits per heavy atom. The van der Waals surface area contributed by atoms with Crippen LogP contribution in [0.2, 0.25) is 0 Å². The zero-order valence-corrected chi connectivity index (χ0v) is 12.2. The number of rotatable bonds is 7. The van der Waals surface area contributed by atoms with Crippen molar-refractivity contribution in [2.45, 2.75) is 13.5 Å². The standard InChI is InChI=1S/C15H18ClN3O/c1-2-19(11-13-6-4-3-5-7-13)12-14(10-17)15(20)18-9-8-16/h3-7,12H,2,8-9,11H2,1H3,(H,18,20)/b14-12-. The summed E-state index contributed by atoms with van der Waals surface area (Å²) in [5.41, 5.74) is 1.22. The molecule has 0 unspecified atom stereocenters. The normalized spacial score (nSPS) is 10.8. The van der Waals surface area contributed by atoms with Crippen molar-refractivity contribution < 1.29 is 4.79 Å². The Labute approximate surface area is 124 Å². The summed E-state index contributed by atoms with van der Waals surface area (Å²) in [5.74, 6) is -0.0638. The number of carbonyl (C=O) groups excluding carboxylic acids is 1. The summed E-state index contributed by atoms with van der Waals surface area (Å²) in [4.78, 5) is 13.7. The van der Waals surface area contributed by atoms with E-state index in [0.29, 0.717) is 25.5 Å². The fourth-order valence-electron chi connectivity index (χ4n) is 1.64. The number of hydrogen-bond acceptors (Lipinski definition) is 3. The van der Waals surface area contributed by atoms with Crippen molar-refractivity contribution in [1.82, 2.24) is 10.2 Å². The molecule has 0 radical (unpaired) electrons. The van der Waals surface area contributed by atoms with Gasteiger partial charge in [0, 0.05) is 31.7 Å². The molecule has 0 bridgehead atoms. The van der Waals surface area contributed by atoms with Gasteiger partial charge >= 0.3 is 0 Å². The number of nitrogens with zero attached hydrogens (tertiary/aromatic N) is 2. The maximum absolute atomic E-state index is 11.7. The molecule has 0 fully saturated rings. The SMILES string of the molecule is CCN(/C=C(/C#N)C(=O)NCCCl)Cc1ccccc1. The first-order valence-electron chi connectivity index (χ1n) is 6.45. The number of carbonyl (C=O) groups is 1. The summed E-state index contributed by atoms with van der Waals surface area (Å²) in [7, 11) is 0. The maximum atomic E-state index is 11.7. The lowest BCUT2D eigenvalue weighted by molar-refractivity contribution is -0.117. The lowest BCUT2D eigenvalue weighted by atomic mass is 10.2. The molecule has 20 heavy (non-hydrogen) atoms. The summed E-state index contributed by atoms with van der Waals surface area (Å²) in [5, 5.41) is 11.7. The number of hydrogen-bond donors (Lipinski definition) is 1. The molecule has 0 spiro atoms. The molecule has 1 aromatic carbocycles. The van der Waals surface area contributed by atoms with Crippen molar-refractivity contribution in [1.29, 1.82) is 5.26 Å². The molecule has 1 N–H and O–H groups in total. The van der Waals surface area contributed by atoms with E-state index in [2.05, 4.69) is 5.32 Å². The van der Waals surface area contributed by atoms with Gasteiger partial charge in [-0.1, -0.05) is 30.3 Å². The van der Waals surface area contributed by atoms with Crippen molar-refractivity contribution in [3.05, 3.63) is 47.7 Å². The fourth-order valence-corrected chi connectivity index (χ4v) is 1.74. The highest BCUT2D eigenvalue weighted by Gasteiger charge is 2.10. The molecule has 0 aromatic heterocycles. The third-order valence-corrected chi connectivity index (χ3v) is 2.88. The Hall–Kier alpha value is -1.99. The molecule has 106 valence electrons. The van der Waals surface area contributed by atoms with Crippen LogP contribution >= 0.6 is 11.6 Å². The van der Waals surface area contributed by atoms with E-state index in [9.17, 15) is 4.79 Å². The first kappa shape index (κ1) is 16.1. The Balaban J connectivity index is 2.75. The molecule has 4 nitrogen and oxygen atoms in total. The summed E-state index contributed by atoms with van der Waals surface area (Å²) < 4.78 is 0. The molecule has 0 aliphatic carbocycles. The average Bonchev–Trinajstić information content (AvgIpc) is 2.49. The second kappa shape index (κ2) is 9.00. The van der Waals surface area contributed by atoms with E-state index < -0.39 is 0 Å². The first-order valence-corrected chi connectivity index (χ1v) is 6.98. The van der Waals surface area contributed by atoms with Gasteiger partial charge in [-0.2, -0.15) is 5.26 Å². The highest BCUT2D eigenvalue weighted by atomic mass is 35.5. The van der Waals surface area contributed by atoms with E-state index in [0.717, 1.165) is 5.56 Å². The van der Waals surface area contributed by atoms with Crippen LogP contribution in [0.5, 0.6) is 0 Å². The van der Waals surface area contributed by atoms with Gasteiger partial charge in [0.15, 0.2) is 0 Å². The second-order valence-corrected chi connectivity index (χ2v) is 4.53. The Morgan fingerprint density at radius 1 is 1.45 bits per heavy atom. The molecular formula is C15H18ClN3O. The van der Waals surface area contributed by atoms with E-state index in [-0.39, 0.29) is 11.5 Å². The number of nitrogens with one attached hydrogen (secondary N) is 1. The molecule has 0 heterocycles. The van der Waals surface area contributed by atoms with Crippen LogP contribution in [0.25, 0.3) is 0 Å². The van der Waals surface area contributed by atoms with Crippen LogP contribution in [0.3, 0.4) is 0 Å². The molecule has 0 atom stereocenters. The molecule has 5 heteroatoms. The van der Waals surface area contributed by atoms with Crippen molar-refractivity contribution in [3.8, 4) is 6.07 Å². The topological polar surface area (TPSA) is 56.1 Å². The summed E-state index contributed by atoms with van der Waals surface area (Å²) in [6, 6.07) is 11.8. The number of amides is 1. The van der Waals surface area contributed by atoms with Gasteiger partial charge in [0.25, 0.3) is 5.91 Å². The van der Waals surface area contributed by atoms with Gasteiger partial charge < -0.3 is 10.2 Å².